The molecular weight excluding hydrogens is 649 g/mol. The molecule has 2 heterocycles. The first kappa shape index (κ1) is 31.9. The first-order valence-corrected chi connectivity index (χ1v) is 14.6. The molecule has 4 aromatic carbocycles. The van der Waals surface area contributed by atoms with E-state index in [0.717, 1.165) is 11.1 Å². The number of halogens is 5. The molecule has 0 N–H and O–H groups in total. The largest absolute Gasteiger partial charge is 0.441 e. The predicted molar refractivity (Wildman–Crippen MR) is 166 cm³/mol. The average Bonchev–Trinajstić information content (AvgIpc) is 3.55. The number of nitrogens with zero attached hydrogens (tertiary/aromatic N) is 4. The van der Waals surface area contributed by atoms with Crippen molar-refractivity contribution in [3.05, 3.63) is 173 Å². The lowest BCUT2D eigenvalue weighted by Gasteiger charge is -2.08. The summed E-state index contributed by atoms with van der Waals surface area (Å²) in [5.41, 5.74) is 2.21. The molecule has 0 spiro atoms. The topological polar surface area (TPSA) is 96.1 Å². The molecule has 8 nitrogen and oxygen atoms in total. The Labute approximate surface area is 270 Å². The molecule has 0 unspecified atom stereocenters. The molecule has 0 saturated heterocycles. The zero-order chi connectivity index (χ0) is 31.9. The summed E-state index contributed by atoms with van der Waals surface area (Å²) in [5, 5.41) is 8.55. The summed E-state index contributed by atoms with van der Waals surface area (Å²) >= 11 is 18.1. The molecule has 45 heavy (non-hydrogen) atoms. The zero-order valence-electron chi connectivity index (χ0n) is 23.3. The minimum atomic E-state index is -0.632. The van der Waals surface area contributed by atoms with Crippen LogP contribution in [0.2, 0.25) is 15.1 Å². The van der Waals surface area contributed by atoms with E-state index in [-0.39, 0.29) is 35.8 Å². The Hall–Kier alpha value is -4.51. The Bertz CT molecular complexity index is 2000. The van der Waals surface area contributed by atoms with E-state index in [4.69, 9.17) is 43.8 Å². The van der Waals surface area contributed by atoms with Gasteiger partial charge in [0.25, 0.3) is 0 Å². The van der Waals surface area contributed by atoms with Crippen molar-refractivity contribution in [3.63, 3.8) is 0 Å². The van der Waals surface area contributed by atoms with Crippen molar-refractivity contribution in [1.29, 1.82) is 0 Å². The molecular formula is C32H23Cl3F2N4O4. The van der Waals surface area contributed by atoms with E-state index in [1.54, 1.807) is 30.3 Å². The quantitative estimate of drug-likeness (QED) is 0.170. The second kappa shape index (κ2) is 14.5. The van der Waals surface area contributed by atoms with Crippen molar-refractivity contribution in [2.75, 3.05) is 0 Å². The van der Waals surface area contributed by atoms with E-state index in [1.807, 2.05) is 36.4 Å². The van der Waals surface area contributed by atoms with Gasteiger partial charge in [0.2, 0.25) is 0 Å². The smallest absolute Gasteiger partial charge is 0.296 e. The van der Waals surface area contributed by atoms with Gasteiger partial charge in [0.1, 0.15) is 11.6 Å². The highest BCUT2D eigenvalue weighted by atomic mass is 35.5. The van der Waals surface area contributed by atoms with Crippen LogP contribution >= 0.6 is 34.8 Å². The maximum Gasteiger partial charge on any atom is 0.441 e. The van der Waals surface area contributed by atoms with Crippen LogP contribution in [0, 0.1) is 11.6 Å². The van der Waals surface area contributed by atoms with E-state index in [2.05, 4.69) is 10.3 Å². The molecule has 0 aliphatic rings. The van der Waals surface area contributed by atoms with Crippen LogP contribution in [-0.4, -0.2) is 19.4 Å². The van der Waals surface area contributed by atoms with Gasteiger partial charge in [-0.25, -0.2) is 18.4 Å². The average molecular weight is 672 g/mol. The fourth-order valence-corrected chi connectivity index (χ4v) is 5.10. The number of hydrogen-bond donors (Lipinski definition) is 0. The zero-order valence-corrected chi connectivity index (χ0v) is 25.6. The van der Waals surface area contributed by atoms with Crippen molar-refractivity contribution in [1.82, 2.24) is 19.4 Å². The Balaban J connectivity index is 0.000000178. The first-order chi connectivity index (χ1) is 21.7. The van der Waals surface area contributed by atoms with Crippen molar-refractivity contribution in [2.24, 2.45) is 0 Å². The van der Waals surface area contributed by atoms with E-state index < -0.39 is 23.1 Å². The Morgan fingerprint density at radius 3 is 1.56 bits per heavy atom. The lowest BCUT2D eigenvalue weighted by atomic mass is 10.1. The minimum absolute atomic E-state index is 0.0434. The highest BCUT2D eigenvalue weighted by Gasteiger charge is 2.18. The lowest BCUT2D eigenvalue weighted by Crippen LogP contribution is -2.18. The molecule has 2 aromatic heterocycles. The SMILES string of the molecule is O=c1onc(Cc2c(F)cccc2Cl)n1Cc1ccccc1.O=c1onc(Cc2c(F)cccc2Cl)n1Cc1ccccc1Cl. The molecule has 0 radical (unpaired) electrons. The standard InChI is InChI=1S/C16H11Cl2FN2O2.C16H12ClFN2O2/c17-12-5-2-1-4-10(12)9-21-15(20-23-16(21)22)8-11-13(18)6-3-7-14(11)19;17-13-7-4-8-14(18)12(13)9-15-19-22-16(21)20(15)10-11-5-2-1-3-6-11/h1-7H,8-9H2;1-8H,9-10H2. The monoisotopic (exact) mass is 670 g/mol. The van der Waals surface area contributed by atoms with E-state index >= 15 is 0 Å². The second-order valence-corrected chi connectivity index (χ2v) is 11.0. The summed E-state index contributed by atoms with van der Waals surface area (Å²) in [6.07, 6.45) is 0.131. The summed E-state index contributed by atoms with van der Waals surface area (Å²) in [5.74, 6) is -1.49. The Kier molecular flexibility index (Phi) is 10.3. The van der Waals surface area contributed by atoms with Gasteiger partial charge in [0.15, 0.2) is 11.6 Å². The molecule has 0 amide bonds. The van der Waals surface area contributed by atoms with Crippen LogP contribution in [0.4, 0.5) is 8.78 Å². The molecule has 13 heteroatoms. The highest BCUT2D eigenvalue weighted by Crippen LogP contribution is 2.23. The van der Waals surface area contributed by atoms with Gasteiger partial charge in [-0.1, -0.05) is 106 Å². The summed E-state index contributed by atoms with van der Waals surface area (Å²) in [4.78, 5) is 23.7. The van der Waals surface area contributed by atoms with Crippen LogP contribution in [0.15, 0.2) is 110 Å². The van der Waals surface area contributed by atoms with Gasteiger partial charge in [-0.2, -0.15) is 0 Å². The van der Waals surface area contributed by atoms with Gasteiger partial charge in [0, 0.05) is 39.0 Å². The maximum atomic E-state index is 13.9. The molecule has 0 bridgehead atoms. The molecule has 0 aliphatic carbocycles. The third kappa shape index (κ3) is 7.78. The third-order valence-corrected chi connectivity index (χ3v) is 7.86. The van der Waals surface area contributed by atoms with Crippen LogP contribution < -0.4 is 11.5 Å². The number of aromatic nitrogens is 4. The van der Waals surface area contributed by atoms with E-state index in [9.17, 15) is 18.4 Å². The summed E-state index contributed by atoms with van der Waals surface area (Å²) in [6.45, 7) is 0.494. The van der Waals surface area contributed by atoms with Crippen LogP contribution in [0.5, 0.6) is 0 Å². The van der Waals surface area contributed by atoms with Crippen molar-refractivity contribution in [3.8, 4) is 0 Å². The number of rotatable bonds is 8. The molecule has 0 saturated carbocycles. The highest BCUT2D eigenvalue weighted by molar-refractivity contribution is 6.32. The molecule has 0 atom stereocenters. The summed E-state index contributed by atoms with van der Waals surface area (Å²) in [7, 11) is 0. The van der Waals surface area contributed by atoms with Gasteiger partial charge in [-0.3, -0.25) is 18.2 Å². The van der Waals surface area contributed by atoms with E-state index in [0.29, 0.717) is 28.0 Å². The fourth-order valence-electron chi connectivity index (χ4n) is 4.44. The third-order valence-electron chi connectivity index (χ3n) is 6.79. The molecule has 6 aromatic rings. The van der Waals surface area contributed by atoms with Crippen LogP contribution in [0.3, 0.4) is 0 Å². The lowest BCUT2D eigenvalue weighted by molar-refractivity contribution is 0.375. The molecule has 0 aliphatic heterocycles. The Morgan fingerprint density at radius 1 is 0.578 bits per heavy atom. The fraction of sp³-hybridized carbons (Fsp3) is 0.125. The van der Waals surface area contributed by atoms with Crippen molar-refractivity contribution >= 4 is 34.8 Å². The predicted octanol–water partition coefficient (Wildman–Crippen LogP) is 7.19. The Morgan fingerprint density at radius 2 is 1.04 bits per heavy atom. The number of hydrogen-bond acceptors (Lipinski definition) is 6. The normalized spacial score (nSPS) is 10.9. The first-order valence-electron chi connectivity index (χ1n) is 13.4. The van der Waals surface area contributed by atoms with Crippen LogP contribution in [0.25, 0.3) is 0 Å². The number of benzene rings is 4. The van der Waals surface area contributed by atoms with Crippen molar-refractivity contribution in [2.45, 2.75) is 25.9 Å². The van der Waals surface area contributed by atoms with Crippen LogP contribution in [-0.2, 0) is 25.9 Å². The summed E-state index contributed by atoms with van der Waals surface area (Å²) < 4.78 is 39.9. The molecule has 230 valence electrons. The van der Waals surface area contributed by atoms with Gasteiger partial charge in [-0.15, -0.1) is 0 Å². The van der Waals surface area contributed by atoms with Gasteiger partial charge < -0.3 is 0 Å². The molecule has 6 rings (SSSR count). The van der Waals surface area contributed by atoms with E-state index in [1.165, 1.54) is 33.4 Å². The maximum absolute atomic E-state index is 13.9. The summed E-state index contributed by atoms with van der Waals surface area (Å²) in [6, 6.07) is 25.4. The van der Waals surface area contributed by atoms with Gasteiger partial charge in [-0.05, 0) is 41.5 Å². The molecule has 0 fully saturated rings. The second-order valence-electron chi connectivity index (χ2n) is 9.73. The minimum Gasteiger partial charge on any atom is -0.296 e. The van der Waals surface area contributed by atoms with Crippen LogP contribution in [0.1, 0.15) is 33.9 Å². The van der Waals surface area contributed by atoms with Gasteiger partial charge >= 0.3 is 11.5 Å². The van der Waals surface area contributed by atoms with Crippen molar-refractivity contribution < 1.29 is 17.8 Å². The van der Waals surface area contributed by atoms with Gasteiger partial charge in [0.05, 0.1) is 13.1 Å².